The van der Waals surface area contributed by atoms with Crippen LogP contribution < -0.4 is 11.1 Å². The smallest absolute Gasteiger partial charge is 0.0306 e. The Morgan fingerprint density at radius 3 is 2.35 bits per heavy atom. The summed E-state index contributed by atoms with van der Waals surface area (Å²) in [7, 11) is 0. The number of hydrogen-bond donors (Lipinski definition) is 2. The molecule has 0 spiro atoms. The van der Waals surface area contributed by atoms with Crippen molar-refractivity contribution in [3.63, 3.8) is 0 Å². The summed E-state index contributed by atoms with van der Waals surface area (Å²) in [6, 6.07) is 21.9. The molecule has 0 aliphatic heterocycles. The molecule has 2 heteroatoms. The molecule has 0 amide bonds. The second-order valence-corrected chi connectivity index (χ2v) is 5.62. The van der Waals surface area contributed by atoms with Crippen molar-refractivity contribution in [2.45, 2.75) is 30.8 Å². The molecule has 1 saturated carbocycles. The van der Waals surface area contributed by atoms with Gasteiger partial charge in [-0.25, -0.2) is 0 Å². The lowest BCUT2D eigenvalue weighted by atomic mass is 10.1. The molecule has 104 valence electrons. The molecule has 3 atom stereocenters. The summed E-state index contributed by atoms with van der Waals surface area (Å²) in [5.74, 6) is 0.698. The molecule has 0 aromatic heterocycles. The van der Waals surface area contributed by atoms with Gasteiger partial charge in [-0.2, -0.15) is 0 Å². The molecule has 1 aliphatic rings. The van der Waals surface area contributed by atoms with Gasteiger partial charge in [0.2, 0.25) is 0 Å². The predicted molar refractivity (Wildman–Crippen MR) is 83.6 cm³/mol. The predicted octanol–water partition coefficient (Wildman–Crippen LogP) is 3.22. The number of nitrogens with two attached hydrogens (primary N) is 1. The molecule has 0 heterocycles. The largest absolute Gasteiger partial charge is 0.324 e. The van der Waals surface area contributed by atoms with Crippen molar-refractivity contribution in [1.82, 2.24) is 5.32 Å². The highest BCUT2D eigenvalue weighted by molar-refractivity contribution is 5.27. The molecule has 3 N–H and O–H groups in total. The van der Waals surface area contributed by atoms with Crippen LogP contribution in [0.2, 0.25) is 0 Å². The summed E-state index contributed by atoms with van der Waals surface area (Å²) in [6.07, 6.45) is 2.24. The van der Waals surface area contributed by atoms with E-state index in [9.17, 15) is 0 Å². The maximum atomic E-state index is 6.21. The fraction of sp³-hybridized carbons (Fsp3) is 0.333. The Kier molecular flexibility index (Phi) is 4.14. The van der Waals surface area contributed by atoms with Crippen LogP contribution in [0.4, 0.5) is 0 Å². The molecule has 1 fully saturated rings. The van der Waals surface area contributed by atoms with Crippen LogP contribution in [-0.2, 0) is 0 Å². The van der Waals surface area contributed by atoms with E-state index >= 15 is 0 Å². The van der Waals surface area contributed by atoms with E-state index in [0.717, 1.165) is 13.0 Å². The number of benzene rings is 2. The maximum Gasteiger partial charge on any atom is 0.0306 e. The molecular formula is C18H22N2. The zero-order valence-corrected chi connectivity index (χ0v) is 11.7. The molecule has 3 unspecified atom stereocenters. The van der Waals surface area contributed by atoms with E-state index in [-0.39, 0.29) is 6.04 Å². The van der Waals surface area contributed by atoms with Gasteiger partial charge >= 0.3 is 0 Å². The summed E-state index contributed by atoms with van der Waals surface area (Å²) in [6.45, 7) is 0.990. The standard InChI is InChI=1S/C18H22N2/c19-17(15-9-5-2-6-10-15)11-12-20-18-13-16(18)14-7-3-1-4-8-14/h1-10,16-18,20H,11-13,19H2. The first kappa shape index (κ1) is 13.3. The van der Waals surface area contributed by atoms with E-state index in [0.29, 0.717) is 12.0 Å². The lowest BCUT2D eigenvalue weighted by molar-refractivity contribution is 0.573. The van der Waals surface area contributed by atoms with E-state index in [2.05, 4.69) is 59.9 Å². The van der Waals surface area contributed by atoms with Gasteiger partial charge in [0.1, 0.15) is 0 Å². The molecule has 0 bridgehead atoms. The van der Waals surface area contributed by atoms with Crippen LogP contribution in [0.15, 0.2) is 60.7 Å². The first-order valence-corrected chi connectivity index (χ1v) is 7.43. The fourth-order valence-corrected chi connectivity index (χ4v) is 2.78. The zero-order chi connectivity index (χ0) is 13.8. The Bertz CT molecular complexity index is 524. The third-order valence-corrected chi connectivity index (χ3v) is 4.11. The first-order valence-electron chi connectivity index (χ1n) is 7.43. The van der Waals surface area contributed by atoms with Gasteiger partial charge in [0.15, 0.2) is 0 Å². The first-order chi connectivity index (χ1) is 9.84. The van der Waals surface area contributed by atoms with E-state index in [1.807, 2.05) is 6.07 Å². The van der Waals surface area contributed by atoms with Crippen molar-refractivity contribution < 1.29 is 0 Å². The van der Waals surface area contributed by atoms with Gasteiger partial charge in [0.25, 0.3) is 0 Å². The highest BCUT2D eigenvalue weighted by Crippen LogP contribution is 2.40. The Morgan fingerprint density at radius 1 is 1.00 bits per heavy atom. The van der Waals surface area contributed by atoms with Crippen LogP contribution in [0.5, 0.6) is 0 Å². The normalized spacial score (nSPS) is 22.4. The molecule has 0 radical (unpaired) electrons. The highest BCUT2D eigenvalue weighted by atomic mass is 15.0. The summed E-state index contributed by atoms with van der Waals surface area (Å²) in [5.41, 5.74) is 8.89. The second-order valence-electron chi connectivity index (χ2n) is 5.62. The second kappa shape index (κ2) is 6.21. The minimum Gasteiger partial charge on any atom is -0.324 e. The quantitative estimate of drug-likeness (QED) is 0.842. The average Bonchev–Trinajstić information content (AvgIpc) is 3.28. The summed E-state index contributed by atoms with van der Waals surface area (Å²) in [4.78, 5) is 0. The van der Waals surface area contributed by atoms with E-state index in [4.69, 9.17) is 5.73 Å². The van der Waals surface area contributed by atoms with Crippen LogP contribution in [-0.4, -0.2) is 12.6 Å². The molecule has 1 aliphatic carbocycles. The van der Waals surface area contributed by atoms with Gasteiger partial charge in [-0.05, 0) is 30.5 Å². The number of hydrogen-bond acceptors (Lipinski definition) is 2. The topological polar surface area (TPSA) is 38.0 Å². The molecule has 2 nitrogen and oxygen atoms in total. The Hall–Kier alpha value is -1.64. The van der Waals surface area contributed by atoms with Crippen LogP contribution in [0, 0.1) is 0 Å². The summed E-state index contributed by atoms with van der Waals surface area (Å²) in [5, 5.41) is 3.63. The lowest BCUT2D eigenvalue weighted by Crippen LogP contribution is -2.23. The van der Waals surface area contributed by atoms with Crippen LogP contribution in [0.1, 0.15) is 35.9 Å². The van der Waals surface area contributed by atoms with Crippen molar-refractivity contribution in [2.24, 2.45) is 5.73 Å². The summed E-state index contributed by atoms with van der Waals surface area (Å²) >= 11 is 0. The van der Waals surface area contributed by atoms with Gasteiger partial charge in [-0.3, -0.25) is 0 Å². The maximum absolute atomic E-state index is 6.21. The van der Waals surface area contributed by atoms with Gasteiger partial charge in [-0.1, -0.05) is 60.7 Å². The van der Waals surface area contributed by atoms with Gasteiger partial charge in [0.05, 0.1) is 0 Å². The molecule has 20 heavy (non-hydrogen) atoms. The van der Waals surface area contributed by atoms with Crippen LogP contribution in [0.25, 0.3) is 0 Å². The van der Waals surface area contributed by atoms with Crippen molar-refractivity contribution in [3.8, 4) is 0 Å². The van der Waals surface area contributed by atoms with Crippen LogP contribution in [0.3, 0.4) is 0 Å². The monoisotopic (exact) mass is 266 g/mol. The molecule has 0 saturated heterocycles. The number of rotatable bonds is 6. The van der Waals surface area contributed by atoms with Gasteiger partial charge < -0.3 is 11.1 Å². The highest BCUT2D eigenvalue weighted by Gasteiger charge is 2.37. The minimum atomic E-state index is 0.137. The van der Waals surface area contributed by atoms with E-state index < -0.39 is 0 Å². The van der Waals surface area contributed by atoms with Crippen molar-refractivity contribution in [3.05, 3.63) is 71.8 Å². The number of nitrogens with one attached hydrogen (secondary N) is 1. The molecular weight excluding hydrogens is 244 g/mol. The third kappa shape index (κ3) is 3.27. The van der Waals surface area contributed by atoms with Crippen molar-refractivity contribution in [2.75, 3.05) is 6.54 Å². The Morgan fingerprint density at radius 2 is 1.65 bits per heavy atom. The summed E-state index contributed by atoms with van der Waals surface area (Å²) < 4.78 is 0. The van der Waals surface area contributed by atoms with E-state index in [1.165, 1.54) is 17.5 Å². The van der Waals surface area contributed by atoms with Crippen molar-refractivity contribution in [1.29, 1.82) is 0 Å². The van der Waals surface area contributed by atoms with Gasteiger partial charge in [0, 0.05) is 18.0 Å². The van der Waals surface area contributed by atoms with Gasteiger partial charge in [-0.15, -0.1) is 0 Å². The zero-order valence-electron chi connectivity index (χ0n) is 11.7. The fourth-order valence-electron chi connectivity index (χ4n) is 2.78. The average molecular weight is 266 g/mol. The molecule has 2 aromatic carbocycles. The van der Waals surface area contributed by atoms with E-state index in [1.54, 1.807) is 0 Å². The SMILES string of the molecule is NC(CCNC1CC1c1ccccc1)c1ccccc1. The molecule has 3 rings (SSSR count). The van der Waals surface area contributed by atoms with Crippen molar-refractivity contribution >= 4 is 0 Å². The lowest BCUT2D eigenvalue weighted by Gasteiger charge is -2.12. The Labute approximate surface area is 121 Å². The molecule has 2 aromatic rings. The third-order valence-electron chi connectivity index (χ3n) is 4.11. The minimum absolute atomic E-state index is 0.137. The Balaban J connectivity index is 1.42. The van der Waals surface area contributed by atoms with Crippen LogP contribution >= 0.6 is 0 Å².